The van der Waals surface area contributed by atoms with E-state index >= 15 is 0 Å². The zero-order valence-electron chi connectivity index (χ0n) is 12.0. The van der Waals surface area contributed by atoms with E-state index in [4.69, 9.17) is 0 Å². The molecule has 2 heterocycles. The summed E-state index contributed by atoms with van der Waals surface area (Å²) in [6, 6.07) is 9.84. The average molecular weight is 285 g/mol. The van der Waals surface area contributed by atoms with Crippen LogP contribution in [-0.2, 0) is 0 Å². The highest BCUT2D eigenvalue weighted by Crippen LogP contribution is 2.31. The smallest absolute Gasteiger partial charge is 0.407 e. The molecule has 3 rings (SSSR count). The second-order valence-corrected chi connectivity index (χ2v) is 5.44. The molecule has 0 bridgehead atoms. The fourth-order valence-corrected chi connectivity index (χ4v) is 2.97. The van der Waals surface area contributed by atoms with Crippen molar-refractivity contribution in [1.29, 1.82) is 0 Å². The van der Waals surface area contributed by atoms with Crippen molar-refractivity contribution < 1.29 is 9.90 Å². The summed E-state index contributed by atoms with van der Waals surface area (Å²) >= 11 is 0. The molecule has 1 aromatic carbocycles. The van der Waals surface area contributed by atoms with Crippen molar-refractivity contribution in [2.75, 3.05) is 6.54 Å². The van der Waals surface area contributed by atoms with Crippen molar-refractivity contribution in [1.82, 2.24) is 14.9 Å². The Morgan fingerprint density at radius 3 is 2.81 bits per heavy atom. The normalized spacial score (nSPS) is 18.7. The summed E-state index contributed by atoms with van der Waals surface area (Å²) in [5.74, 6) is 0.758. The topological polar surface area (TPSA) is 69.2 Å². The van der Waals surface area contributed by atoms with Gasteiger partial charge >= 0.3 is 6.09 Å². The van der Waals surface area contributed by atoms with Gasteiger partial charge in [0.1, 0.15) is 5.82 Å². The molecule has 1 atom stereocenters. The summed E-state index contributed by atoms with van der Waals surface area (Å²) in [5.41, 5.74) is 2.96. The first-order valence-electron chi connectivity index (χ1n) is 7.28. The molecule has 110 valence electrons. The zero-order valence-corrected chi connectivity index (χ0v) is 12.0. The van der Waals surface area contributed by atoms with Crippen LogP contribution in [0.4, 0.5) is 4.79 Å². The van der Waals surface area contributed by atoms with Crippen molar-refractivity contribution in [3.05, 3.63) is 41.9 Å². The number of hydrogen-bond acceptors (Lipinski definition) is 2. The fraction of sp³-hybridized carbons (Fsp3) is 0.375. The number of carboxylic acid groups (broad SMARTS) is 1. The third-order valence-electron chi connectivity index (χ3n) is 4.03. The summed E-state index contributed by atoms with van der Waals surface area (Å²) in [6.07, 6.45) is 1.92. The predicted molar refractivity (Wildman–Crippen MR) is 80.1 cm³/mol. The highest BCUT2D eigenvalue weighted by atomic mass is 16.4. The quantitative estimate of drug-likeness (QED) is 0.886. The van der Waals surface area contributed by atoms with Crippen molar-refractivity contribution in [3.63, 3.8) is 0 Å². The Labute approximate surface area is 123 Å². The van der Waals surface area contributed by atoms with Crippen molar-refractivity contribution >= 4 is 6.09 Å². The average Bonchev–Trinajstić information content (AvgIpc) is 2.90. The molecule has 0 aliphatic carbocycles. The summed E-state index contributed by atoms with van der Waals surface area (Å²) in [7, 11) is 0. The first-order chi connectivity index (χ1) is 10.2. The van der Waals surface area contributed by atoms with Crippen LogP contribution >= 0.6 is 0 Å². The molecular weight excluding hydrogens is 266 g/mol. The van der Waals surface area contributed by atoms with Gasteiger partial charge in [0.15, 0.2) is 0 Å². The maximum Gasteiger partial charge on any atom is 0.407 e. The van der Waals surface area contributed by atoms with Gasteiger partial charge in [0.05, 0.1) is 17.4 Å². The van der Waals surface area contributed by atoms with Crippen molar-refractivity contribution in [2.45, 2.75) is 32.2 Å². The molecule has 1 fully saturated rings. The minimum Gasteiger partial charge on any atom is -0.465 e. The van der Waals surface area contributed by atoms with Gasteiger partial charge in [-0.15, -0.1) is 0 Å². The zero-order chi connectivity index (χ0) is 14.8. The Morgan fingerprint density at radius 2 is 2.10 bits per heavy atom. The van der Waals surface area contributed by atoms with Crippen molar-refractivity contribution in [2.24, 2.45) is 0 Å². The van der Waals surface area contributed by atoms with Crippen LogP contribution in [0.5, 0.6) is 0 Å². The molecule has 21 heavy (non-hydrogen) atoms. The number of benzene rings is 1. The number of nitrogens with zero attached hydrogens (tertiary/aromatic N) is 2. The van der Waals surface area contributed by atoms with E-state index in [0.29, 0.717) is 6.54 Å². The summed E-state index contributed by atoms with van der Waals surface area (Å²) in [6.45, 7) is 2.54. The molecule has 2 aromatic rings. The van der Waals surface area contributed by atoms with Crippen LogP contribution in [0.1, 0.15) is 36.8 Å². The molecule has 0 saturated carbocycles. The van der Waals surface area contributed by atoms with E-state index in [9.17, 15) is 9.90 Å². The van der Waals surface area contributed by atoms with E-state index in [2.05, 4.69) is 9.97 Å². The Hall–Kier alpha value is -2.30. The molecule has 1 amide bonds. The van der Waals surface area contributed by atoms with Gasteiger partial charge in [-0.05, 0) is 31.7 Å². The number of hydrogen-bond donors (Lipinski definition) is 2. The number of rotatable bonds is 2. The van der Waals surface area contributed by atoms with Gasteiger partial charge in [0.2, 0.25) is 0 Å². The third kappa shape index (κ3) is 2.63. The van der Waals surface area contributed by atoms with Crippen molar-refractivity contribution in [3.8, 4) is 11.3 Å². The van der Waals surface area contributed by atoms with E-state index in [0.717, 1.165) is 42.0 Å². The first kappa shape index (κ1) is 13.7. The summed E-state index contributed by atoms with van der Waals surface area (Å²) < 4.78 is 0. The number of carbonyl (C=O) groups is 1. The molecule has 1 aliphatic heterocycles. The van der Waals surface area contributed by atoms with Gasteiger partial charge in [-0.1, -0.05) is 30.3 Å². The van der Waals surface area contributed by atoms with Gasteiger partial charge in [-0.25, -0.2) is 9.78 Å². The summed E-state index contributed by atoms with van der Waals surface area (Å²) in [5, 5.41) is 9.35. The fourth-order valence-electron chi connectivity index (χ4n) is 2.97. The lowest BCUT2D eigenvalue weighted by Crippen LogP contribution is -2.37. The van der Waals surface area contributed by atoms with Crippen LogP contribution in [0, 0.1) is 6.92 Å². The third-order valence-corrected chi connectivity index (χ3v) is 4.03. The second-order valence-electron chi connectivity index (χ2n) is 5.44. The van der Waals surface area contributed by atoms with E-state index in [1.807, 2.05) is 37.3 Å². The van der Waals surface area contributed by atoms with E-state index in [1.54, 1.807) is 0 Å². The first-order valence-corrected chi connectivity index (χ1v) is 7.28. The number of likely N-dealkylation sites (tertiary alicyclic amines) is 1. The maximum absolute atomic E-state index is 11.4. The lowest BCUT2D eigenvalue weighted by molar-refractivity contribution is 0.104. The minimum atomic E-state index is -0.866. The number of imidazole rings is 1. The van der Waals surface area contributed by atoms with Gasteiger partial charge in [0.25, 0.3) is 0 Å². The number of amides is 1. The number of aryl methyl sites for hydroxylation is 1. The lowest BCUT2D eigenvalue weighted by Gasteiger charge is -2.32. The maximum atomic E-state index is 11.4. The summed E-state index contributed by atoms with van der Waals surface area (Å²) in [4.78, 5) is 20.8. The molecule has 0 radical (unpaired) electrons. The number of H-pyrrole nitrogens is 1. The Bertz CT molecular complexity index is 636. The Balaban J connectivity index is 1.94. The van der Waals surface area contributed by atoms with Crippen LogP contribution in [0.25, 0.3) is 11.3 Å². The number of nitrogens with one attached hydrogen (secondary N) is 1. The molecule has 5 heteroatoms. The van der Waals surface area contributed by atoms with E-state index in [1.165, 1.54) is 4.90 Å². The molecule has 1 saturated heterocycles. The molecule has 1 aliphatic rings. The van der Waals surface area contributed by atoms with E-state index < -0.39 is 6.09 Å². The standard InChI is InChI=1S/C16H19N3O2/c1-11-14(12-7-3-2-4-8-12)18-15(17-11)13-9-5-6-10-19(13)16(20)21/h2-4,7-8,13H,5-6,9-10H2,1H3,(H,17,18)(H,20,21). The molecular formula is C16H19N3O2. The molecule has 1 unspecified atom stereocenters. The number of piperidine rings is 1. The largest absolute Gasteiger partial charge is 0.465 e. The van der Waals surface area contributed by atoms with Crippen LogP contribution in [0.15, 0.2) is 30.3 Å². The van der Waals surface area contributed by atoms with Gasteiger partial charge < -0.3 is 10.1 Å². The van der Waals surface area contributed by atoms with Crippen LogP contribution in [-0.4, -0.2) is 32.6 Å². The van der Waals surface area contributed by atoms with Gasteiger partial charge in [-0.2, -0.15) is 0 Å². The molecule has 1 aromatic heterocycles. The van der Waals surface area contributed by atoms with Crippen LogP contribution < -0.4 is 0 Å². The van der Waals surface area contributed by atoms with Gasteiger partial charge in [-0.3, -0.25) is 4.90 Å². The lowest BCUT2D eigenvalue weighted by atomic mass is 10.0. The molecule has 5 nitrogen and oxygen atoms in total. The SMILES string of the molecule is Cc1nc(C2CCCCN2C(=O)O)[nH]c1-c1ccccc1. The monoisotopic (exact) mass is 285 g/mol. The number of aromatic nitrogens is 2. The number of aromatic amines is 1. The Kier molecular flexibility index (Phi) is 3.64. The Morgan fingerprint density at radius 1 is 1.33 bits per heavy atom. The predicted octanol–water partition coefficient (Wildman–Crippen LogP) is 3.59. The minimum absolute atomic E-state index is 0.160. The highest BCUT2D eigenvalue weighted by Gasteiger charge is 2.30. The van der Waals surface area contributed by atoms with Gasteiger partial charge in [0, 0.05) is 6.54 Å². The molecule has 0 spiro atoms. The van der Waals surface area contributed by atoms with Crippen LogP contribution in [0.2, 0.25) is 0 Å². The highest BCUT2D eigenvalue weighted by molar-refractivity contribution is 5.66. The molecule has 2 N–H and O–H groups in total. The van der Waals surface area contributed by atoms with E-state index in [-0.39, 0.29) is 6.04 Å². The van der Waals surface area contributed by atoms with Crippen LogP contribution in [0.3, 0.4) is 0 Å². The second kappa shape index (κ2) is 5.60.